The molecule has 2 atom stereocenters. The molecule has 2 aromatic heterocycles. The molecule has 1 aliphatic heterocycles. The third-order valence-corrected chi connectivity index (χ3v) is 6.38. The molecule has 9 heteroatoms. The molecule has 0 bridgehead atoms. The quantitative estimate of drug-likeness (QED) is 0.456. The van der Waals surface area contributed by atoms with Crippen molar-refractivity contribution in [2.75, 3.05) is 4.90 Å². The Bertz CT molecular complexity index is 1320. The second-order valence-electron chi connectivity index (χ2n) is 8.38. The van der Waals surface area contributed by atoms with Crippen LogP contribution in [0.5, 0.6) is 0 Å². The van der Waals surface area contributed by atoms with Gasteiger partial charge in [-0.1, -0.05) is 24.3 Å². The molecular formula is C23H18F3N5O. The minimum absolute atomic E-state index is 0.00268. The van der Waals surface area contributed by atoms with Crippen LogP contribution < -0.4 is 4.90 Å². The number of H-pyrrole nitrogens is 1. The van der Waals surface area contributed by atoms with Crippen LogP contribution in [-0.4, -0.2) is 25.7 Å². The van der Waals surface area contributed by atoms with E-state index >= 15 is 0 Å². The summed E-state index contributed by atoms with van der Waals surface area (Å²) in [4.78, 5) is 22.2. The Morgan fingerprint density at radius 1 is 1.03 bits per heavy atom. The van der Waals surface area contributed by atoms with E-state index in [9.17, 15) is 18.0 Å². The highest BCUT2D eigenvalue weighted by atomic mass is 19.4. The van der Waals surface area contributed by atoms with Crippen molar-refractivity contribution in [3.8, 4) is 11.1 Å². The molecule has 2 aromatic carbocycles. The van der Waals surface area contributed by atoms with Gasteiger partial charge in [0.1, 0.15) is 0 Å². The number of halogens is 3. The highest BCUT2D eigenvalue weighted by Crippen LogP contribution is 2.54. The summed E-state index contributed by atoms with van der Waals surface area (Å²) in [5.41, 5.74) is 4.51. The zero-order valence-corrected chi connectivity index (χ0v) is 16.8. The van der Waals surface area contributed by atoms with Crippen molar-refractivity contribution >= 4 is 22.6 Å². The fourth-order valence-electron chi connectivity index (χ4n) is 4.63. The number of alkyl halides is 3. The number of imidazole rings is 1. The van der Waals surface area contributed by atoms with Crippen molar-refractivity contribution in [3.63, 3.8) is 0 Å². The lowest BCUT2D eigenvalue weighted by Crippen LogP contribution is -2.56. The number of hydrogen-bond donors (Lipinski definition) is 1. The van der Waals surface area contributed by atoms with E-state index in [-0.39, 0.29) is 22.5 Å². The maximum atomic E-state index is 13.1. The van der Waals surface area contributed by atoms with E-state index in [0.717, 1.165) is 41.3 Å². The Hall–Kier alpha value is -3.62. The van der Waals surface area contributed by atoms with E-state index < -0.39 is 6.30 Å². The molecule has 2 fully saturated rings. The lowest BCUT2D eigenvalue weighted by molar-refractivity contribution is -0.212. The van der Waals surface area contributed by atoms with Crippen molar-refractivity contribution in [2.45, 2.75) is 25.2 Å². The Kier molecular flexibility index (Phi) is 3.99. The number of benzene rings is 2. The minimum atomic E-state index is -4.54. The van der Waals surface area contributed by atoms with Crippen LogP contribution in [0.15, 0.2) is 61.2 Å². The molecule has 0 radical (unpaired) electrons. The molecule has 1 amide bonds. The van der Waals surface area contributed by atoms with E-state index in [2.05, 4.69) is 15.1 Å². The highest BCUT2D eigenvalue weighted by Gasteiger charge is 2.55. The first-order valence-corrected chi connectivity index (χ1v) is 10.4. The zero-order chi connectivity index (χ0) is 22.0. The van der Waals surface area contributed by atoms with E-state index in [1.807, 2.05) is 35.2 Å². The Morgan fingerprint density at radius 2 is 1.81 bits per heavy atom. The Labute approximate surface area is 180 Å². The van der Waals surface area contributed by atoms with E-state index in [1.165, 1.54) is 6.20 Å². The number of nitrogens with zero attached hydrogens (tertiary/aromatic N) is 4. The summed E-state index contributed by atoms with van der Waals surface area (Å²) in [7, 11) is 0. The second-order valence-corrected chi connectivity index (χ2v) is 8.38. The fourth-order valence-corrected chi connectivity index (χ4v) is 4.63. The molecule has 1 aliphatic carbocycles. The van der Waals surface area contributed by atoms with Crippen LogP contribution in [0.3, 0.4) is 0 Å². The van der Waals surface area contributed by atoms with Gasteiger partial charge in [0.2, 0.25) is 5.91 Å². The minimum Gasteiger partial charge on any atom is -0.345 e. The molecule has 0 unspecified atom stereocenters. The van der Waals surface area contributed by atoms with E-state index in [1.54, 1.807) is 18.5 Å². The number of carbonyl (C=O) groups excluding carboxylic acids is 1. The lowest BCUT2D eigenvalue weighted by atomic mass is 9.78. The average molecular weight is 437 g/mol. The fraction of sp³-hybridized carbons (Fsp3) is 0.261. The monoisotopic (exact) mass is 437 g/mol. The maximum absolute atomic E-state index is 13.1. The predicted molar refractivity (Wildman–Crippen MR) is 111 cm³/mol. The van der Waals surface area contributed by atoms with Gasteiger partial charge in [0.15, 0.2) is 0 Å². The van der Waals surface area contributed by atoms with Gasteiger partial charge in [0, 0.05) is 17.4 Å². The molecule has 0 spiro atoms. The third-order valence-electron chi connectivity index (χ3n) is 6.38. The zero-order valence-electron chi connectivity index (χ0n) is 16.8. The Balaban J connectivity index is 1.33. The van der Waals surface area contributed by atoms with Gasteiger partial charge in [-0.05, 0) is 48.1 Å². The van der Waals surface area contributed by atoms with Crippen LogP contribution in [0.2, 0.25) is 0 Å². The first-order valence-electron chi connectivity index (χ1n) is 10.4. The number of β-lactam (4-membered cyclic amide) rings is 1. The number of amides is 1. The van der Waals surface area contributed by atoms with Crippen LogP contribution in [0, 0.1) is 11.8 Å². The molecule has 6 nitrogen and oxygen atoms in total. The highest BCUT2D eigenvalue weighted by molar-refractivity contribution is 6.04. The number of carbonyl (C=O) groups is 1. The number of anilines is 1. The molecule has 3 heterocycles. The molecule has 6 rings (SSSR count). The molecule has 1 N–H and O–H groups in total. The predicted octanol–water partition coefficient (Wildman–Crippen LogP) is 5.02. The normalized spacial score (nSPS) is 21.2. The SMILES string of the molecule is O=C1[C@H](C2CC2)[C@H](c2ccc(-c3cnn(C(F)(F)F)c3)cc2)N1c1ccc2nc[nH]c2c1. The van der Waals surface area contributed by atoms with Gasteiger partial charge < -0.3 is 9.88 Å². The largest absolute Gasteiger partial charge is 0.504 e. The maximum Gasteiger partial charge on any atom is 0.504 e. The summed E-state index contributed by atoms with van der Waals surface area (Å²) in [5.74, 6) is 0.447. The second kappa shape index (κ2) is 6.69. The molecular weight excluding hydrogens is 419 g/mol. The van der Waals surface area contributed by atoms with Crippen LogP contribution in [0.4, 0.5) is 18.9 Å². The number of nitrogens with one attached hydrogen (secondary N) is 1. The Morgan fingerprint density at radius 3 is 2.50 bits per heavy atom. The van der Waals surface area contributed by atoms with Crippen molar-refractivity contribution in [2.24, 2.45) is 11.8 Å². The molecule has 1 saturated carbocycles. The topological polar surface area (TPSA) is 66.8 Å². The smallest absolute Gasteiger partial charge is 0.345 e. The van der Waals surface area contributed by atoms with Crippen molar-refractivity contribution in [1.82, 2.24) is 19.7 Å². The average Bonchev–Trinajstić information content (AvgIpc) is 3.26. The van der Waals surface area contributed by atoms with E-state index in [4.69, 9.17) is 0 Å². The summed E-state index contributed by atoms with van der Waals surface area (Å²) in [6, 6.07) is 13.0. The number of aromatic amines is 1. The van der Waals surface area contributed by atoms with Gasteiger partial charge in [-0.25, -0.2) is 4.98 Å². The number of fused-ring (bicyclic) bond motifs is 1. The molecule has 2 aliphatic rings. The van der Waals surface area contributed by atoms with Crippen molar-refractivity contribution in [3.05, 3.63) is 66.7 Å². The van der Waals surface area contributed by atoms with Crippen LogP contribution in [0.1, 0.15) is 24.4 Å². The van der Waals surface area contributed by atoms with Gasteiger partial charge >= 0.3 is 6.30 Å². The van der Waals surface area contributed by atoms with Gasteiger partial charge in [0.25, 0.3) is 0 Å². The summed E-state index contributed by atoms with van der Waals surface area (Å²) < 4.78 is 38.5. The van der Waals surface area contributed by atoms with Crippen LogP contribution in [-0.2, 0) is 11.1 Å². The molecule has 162 valence electrons. The van der Waals surface area contributed by atoms with Crippen LogP contribution >= 0.6 is 0 Å². The summed E-state index contributed by atoms with van der Waals surface area (Å²) in [5, 5.41) is 3.41. The van der Waals surface area contributed by atoms with Gasteiger partial charge in [-0.3, -0.25) is 4.79 Å². The first-order chi connectivity index (χ1) is 15.4. The number of hydrogen-bond acceptors (Lipinski definition) is 3. The lowest BCUT2D eigenvalue weighted by Gasteiger charge is -2.48. The first kappa shape index (κ1) is 19.1. The number of rotatable bonds is 4. The molecule has 1 saturated heterocycles. The number of aromatic nitrogens is 4. The summed E-state index contributed by atoms with van der Waals surface area (Å²) in [6.07, 6.45) is 1.36. The van der Waals surface area contributed by atoms with Crippen molar-refractivity contribution < 1.29 is 18.0 Å². The summed E-state index contributed by atoms with van der Waals surface area (Å²) in [6.45, 7) is 0. The molecule has 32 heavy (non-hydrogen) atoms. The standard InChI is InChI=1S/C23H18F3N5O/c24-23(25,26)30-11-16(10-29-30)13-1-5-15(6-2-13)21-20(14-3-4-14)22(32)31(21)17-7-8-18-19(9-17)28-12-27-18/h1-2,5-12,14,20-21H,3-4H2,(H,27,28)/t20-,21+/m1/s1. The molecule has 4 aromatic rings. The van der Waals surface area contributed by atoms with Gasteiger partial charge in [-0.15, -0.1) is 13.2 Å². The van der Waals surface area contributed by atoms with Gasteiger partial charge in [-0.2, -0.15) is 9.78 Å². The van der Waals surface area contributed by atoms with Crippen molar-refractivity contribution in [1.29, 1.82) is 0 Å². The van der Waals surface area contributed by atoms with E-state index in [0.29, 0.717) is 17.0 Å². The van der Waals surface area contributed by atoms with Gasteiger partial charge in [0.05, 0.1) is 35.5 Å². The summed E-state index contributed by atoms with van der Waals surface area (Å²) >= 11 is 0. The third kappa shape index (κ3) is 2.99. The van der Waals surface area contributed by atoms with Crippen LogP contribution in [0.25, 0.3) is 22.2 Å².